The Morgan fingerprint density at radius 3 is 2.67 bits per heavy atom. The minimum Gasteiger partial charge on any atom is -0.338 e. The third-order valence-corrected chi connectivity index (χ3v) is 2.23. The number of rotatable bonds is 3. The molecule has 0 aliphatic carbocycles. The SMILES string of the molecule is CCNC(=O)Nc1ccc(C)cc1CC. The highest BCUT2D eigenvalue weighted by molar-refractivity contribution is 5.90. The second kappa shape index (κ2) is 5.39. The van der Waals surface area contributed by atoms with Gasteiger partial charge in [-0.25, -0.2) is 4.79 Å². The normalized spacial score (nSPS) is 9.80. The molecule has 0 saturated heterocycles. The van der Waals surface area contributed by atoms with E-state index in [1.165, 1.54) is 11.1 Å². The summed E-state index contributed by atoms with van der Waals surface area (Å²) in [4.78, 5) is 11.3. The summed E-state index contributed by atoms with van der Waals surface area (Å²) in [5, 5.41) is 5.55. The molecule has 0 spiro atoms. The van der Waals surface area contributed by atoms with Crippen LogP contribution in [-0.4, -0.2) is 12.6 Å². The standard InChI is InChI=1S/C12H18N2O/c1-4-10-8-9(3)6-7-11(10)14-12(15)13-5-2/h6-8H,4-5H2,1-3H3,(H2,13,14,15). The average Bonchev–Trinajstić information content (AvgIpc) is 2.21. The molecule has 1 aromatic rings. The van der Waals surface area contributed by atoms with Gasteiger partial charge in [0.25, 0.3) is 0 Å². The third-order valence-electron chi connectivity index (χ3n) is 2.23. The van der Waals surface area contributed by atoms with Crippen molar-refractivity contribution in [1.82, 2.24) is 5.32 Å². The van der Waals surface area contributed by atoms with Gasteiger partial charge >= 0.3 is 6.03 Å². The summed E-state index contributed by atoms with van der Waals surface area (Å²) >= 11 is 0. The molecule has 0 saturated carbocycles. The number of amides is 2. The summed E-state index contributed by atoms with van der Waals surface area (Å²) in [5.74, 6) is 0. The Bertz CT molecular complexity index is 347. The van der Waals surface area contributed by atoms with Crippen LogP contribution in [-0.2, 0) is 6.42 Å². The summed E-state index contributed by atoms with van der Waals surface area (Å²) in [7, 11) is 0. The molecule has 0 aliphatic heterocycles. The van der Waals surface area contributed by atoms with Crippen LogP contribution < -0.4 is 10.6 Å². The third kappa shape index (κ3) is 3.27. The molecule has 15 heavy (non-hydrogen) atoms. The van der Waals surface area contributed by atoms with Gasteiger partial charge in [-0.05, 0) is 31.9 Å². The van der Waals surface area contributed by atoms with E-state index in [4.69, 9.17) is 0 Å². The number of carbonyl (C=O) groups excluding carboxylic acids is 1. The first-order valence-electron chi connectivity index (χ1n) is 5.31. The molecule has 3 nitrogen and oxygen atoms in total. The van der Waals surface area contributed by atoms with Gasteiger partial charge in [0, 0.05) is 12.2 Å². The van der Waals surface area contributed by atoms with E-state index in [0.29, 0.717) is 6.54 Å². The lowest BCUT2D eigenvalue weighted by Gasteiger charge is -2.10. The molecule has 0 bridgehead atoms. The number of hydrogen-bond acceptors (Lipinski definition) is 1. The zero-order valence-corrected chi connectivity index (χ0v) is 9.55. The van der Waals surface area contributed by atoms with Crippen molar-refractivity contribution in [3.63, 3.8) is 0 Å². The first-order chi connectivity index (χ1) is 7.17. The lowest BCUT2D eigenvalue weighted by atomic mass is 10.1. The summed E-state index contributed by atoms with van der Waals surface area (Å²) in [6.07, 6.45) is 0.920. The Labute approximate surface area is 90.9 Å². The van der Waals surface area contributed by atoms with E-state index >= 15 is 0 Å². The zero-order valence-electron chi connectivity index (χ0n) is 9.55. The number of hydrogen-bond donors (Lipinski definition) is 2. The molecular formula is C12H18N2O. The molecule has 0 aromatic heterocycles. The van der Waals surface area contributed by atoms with Crippen LogP contribution in [0.4, 0.5) is 10.5 Å². The number of nitrogens with one attached hydrogen (secondary N) is 2. The van der Waals surface area contributed by atoms with Crippen LogP contribution in [0.25, 0.3) is 0 Å². The van der Waals surface area contributed by atoms with E-state index in [0.717, 1.165) is 12.1 Å². The predicted octanol–water partition coefficient (Wildman–Crippen LogP) is 2.70. The van der Waals surface area contributed by atoms with Crippen LogP contribution in [0.2, 0.25) is 0 Å². The van der Waals surface area contributed by atoms with Crippen LogP contribution in [0.5, 0.6) is 0 Å². The van der Waals surface area contributed by atoms with Crippen molar-refractivity contribution in [2.24, 2.45) is 0 Å². The fourth-order valence-corrected chi connectivity index (χ4v) is 1.46. The predicted molar refractivity (Wildman–Crippen MR) is 63.3 cm³/mol. The van der Waals surface area contributed by atoms with Crippen molar-refractivity contribution < 1.29 is 4.79 Å². The number of urea groups is 1. The van der Waals surface area contributed by atoms with E-state index in [1.54, 1.807) is 0 Å². The van der Waals surface area contributed by atoms with Crippen LogP contribution >= 0.6 is 0 Å². The van der Waals surface area contributed by atoms with Crippen molar-refractivity contribution in [3.05, 3.63) is 29.3 Å². The van der Waals surface area contributed by atoms with Crippen LogP contribution in [0.1, 0.15) is 25.0 Å². The Balaban J connectivity index is 2.80. The smallest absolute Gasteiger partial charge is 0.319 e. The molecule has 0 unspecified atom stereocenters. The summed E-state index contributed by atoms with van der Waals surface area (Å²) in [6.45, 7) is 6.67. The van der Waals surface area contributed by atoms with Crippen LogP contribution in [0, 0.1) is 6.92 Å². The molecule has 3 heteroatoms. The molecule has 0 fully saturated rings. The Kier molecular flexibility index (Phi) is 4.16. The first-order valence-corrected chi connectivity index (χ1v) is 5.31. The Morgan fingerprint density at radius 2 is 2.07 bits per heavy atom. The summed E-state index contributed by atoms with van der Waals surface area (Å²) in [5.41, 5.74) is 3.28. The monoisotopic (exact) mass is 206 g/mol. The number of carbonyl (C=O) groups is 1. The Hall–Kier alpha value is -1.51. The van der Waals surface area contributed by atoms with Gasteiger partial charge in [-0.3, -0.25) is 0 Å². The molecule has 0 radical (unpaired) electrons. The van der Waals surface area contributed by atoms with E-state index in [2.05, 4.69) is 30.5 Å². The van der Waals surface area contributed by atoms with E-state index in [-0.39, 0.29) is 6.03 Å². The summed E-state index contributed by atoms with van der Waals surface area (Å²) in [6, 6.07) is 5.90. The second-order valence-electron chi connectivity index (χ2n) is 3.50. The quantitative estimate of drug-likeness (QED) is 0.784. The fourth-order valence-electron chi connectivity index (χ4n) is 1.46. The molecule has 1 rings (SSSR count). The molecule has 0 aliphatic rings. The topological polar surface area (TPSA) is 41.1 Å². The Morgan fingerprint density at radius 1 is 1.33 bits per heavy atom. The van der Waals surface area contributed by atoms with E-state index in [1.807, 2.05) is 19.1 Å². The fraction of sp³-hybridized carbons (Fsp3) is 0.417. The van der Waals surface area contributed by atoms with Gasteiger partial charge in [0.1, 0.15) is 0 Å². The van der Waals surface area contributed by atoms with Gasteiger partial charge in [0.05, 0.1) is 0 Å². The highest BCUT2D eigenvalue weighted by atomic mass is 16.2. The molecule has 2 N–H and O–H groups in total. The number of anilines is 1. The molecule has 82 valence electrons. The maximum absolute atomic E-state index is 11.3. The maximum atomic E-state index is 11.3. The second-order valence-corrected chi connectivity index (χ2v) is 3.50. The highest BCUT2D eigenvalue weighted by Crippen LogP contribution is 2.17. The largest absolute Gasteiger partial charge is 0.338 e. The first kappa shape index (κ1) is 11.6. The average molecular weight is 206 g/mol. The minimum absolute atomic E-state index is 0.143. The van der Waals surface area contributed by atoms with Crippen molar-refractivity contribution in [2.75, 3.05) is 11.9 Å². The van der Waals surface area contributed by atoms with Gasteiger partial charge in [0.2, 0.25) is 0 Å². The summed E-state index contributed by atoms with van der Waals surface area (Å²) < 4.78 is 0. The number of aryl methyl sites for hydroxylation is 2. The van der Waals surface area contributed by atoms with E-state index < -0.39 is 0 Å². The maximum Gasteiger partial charge on any atom is 0.319 e. The van der Waals surface area contributed by atoms with Gasteiger partial charge in [-0.2, -0.15) is 0 Å². The van der Waals surface area contributed by atoms with Gasteiger partial charge < -0.3 is 10.6 Å². The van der Waals surface area contributed by atoms with Crippen LogP contribution in [0.3, 0.4) is 0 Å². The van der Waals surface area contributed by atoms with Crippen molar-refractivity contribution in [1.29, 1.82) is 0 Å². The van der Waals surface area contributed by atoms with E-state index in [9.17, 15) is 4.79 Å². The van der Waals surface area contributed by atoms with Gasteiger partial charge in [0.15, 0.2) is 0 Å². The lowest BCUT2D eigenvalue weighted by molar-refractivity contribution is 0.252. The molecular weight excluding hydrogens is 188 g/mol. The highest BCUT2D eigenvalue weighted by Gasteiger charge is 2.04. The van der Waals surface area contributed by atoms with Gasteiger partial charge in [-0.15, -0.1) is 0 Å². The van der Waals surface area contributed by atoms with Gasteiger partial charge in [-0.1, -0.05) is 24.6 Å². The minimum atomic E-state index is -0.143. The van der Waals surface area contributed by atoms with Crippen LogP contribution in [0.15, 0.2) is 18.2 Å². The molecule has 2 amide bonds. The van der Waals surface area contributed by atoms with Crippen molar-refractivity contribution in [3.8, 4) is 0 Å². The van der Waals surface area contributed by atoms with Crippen molar-refractivity contribution >= 4 is 11.7 Å². The molecule has 1 aromatic carbocycles. The zero-order chi connectivity index (χ0) is 11.3. The molecule has 0 heterocycles. The lowest BCUT2D eigenvalue weighted by Crippen LogP contribution is -2.28. The number of benzene rings is 1. The molecule has 0 atom stereocenters. The van der Waals surface area contributed by atoms with Crippen molar-refractivity contribution in [2.45, 2.75) is 27.2 Å².